The molecule has 1 aromatic carbocycles. The van der Waals surface area contributed by atoms with Gasteiger partial charge in [-0.25, -0.2) is 0 Å². The van der Waals surface area contributed by atoms with Crippen LogP contribution in [-0.4, -0.2) is 24.3 Å². The third-order valence-electron chi connectivity index (χ3n) is 4.81. The van der Waals surface area contributed by atoms with Crippen LogP contribution in [0.1, 0.15) is 69.2 Å². The van der Waals surface area contributed by atoms with E-state index in [1.165, 1.54) is 0 Å². The molecule has 0 fully saturated rings. The maximum Gasteiger partial charge on any atom is 0.227 e. The zero-order chi connectivity index (χ0) is 20.8. The Labute approximate surface area is 167 Å². The molecule has 6 nitrogen and oxygen atoms in total. The van der Waals surface area contributed by atoms with E-state index in [-0.39, 0.29) is 23.8 Å². The number of amides is 1. The lowest BCUT2D eigenvalue weighted by Gasteiger charge is -2.25. The first-order valence-electron chi connectivity index (χ1n) is 9.92. The highest BCUT2D eigenvalue weighted by atomic mass is 16.5. The Balaban J connectivity index is 2.28. The van der Waals surface area contributed by atoms with Crippen molar-refractivity contribution in [2.75, 3.05) is 13.2 Å². The molecule has 2 atom stereocenters. The van der Waals surface area contributed by atoms with Gasteiger partial charge in [0.15, 0.2) is 11.5 Å². The van der Waals surface area contributed by atoms with Gasteiger partial charge >= 0.3 is 0 Å². The van der Waals surface area contributed by atoms with Crippen LogP contribution in [0.4, 0.5) is 0 Å². The van der Waals surface area contributed by atoms with Crippen molar-refractivity contribution < 1.29 is 18.8 Å². The van der Waals surface area contributed by atoms with E-state index in [1.807, 2.05) is 52.8 Å². The molecule has 1 amide bonds. The number of aromatic nitrogens is 1. The average Bonchev–Trinajstić information content (AvgIpc) is 2.99. The highest BCUT2D eigenvalue weighted by Crippen LogP contribution is 2.33. The summed E-state index contributed by atoms with van der Waals surface area (Å²) in [7, 11) is 0. The van der Waals surface area contributed by atoms with Crippen LogP contribution in [0.3, 0.4) is 0 Å². The second-order valence-electron chi connectivity index (χ2n) is 7.26. The molecule has 28 heavy (non-hydrogen) atoms. The van der Waals surface area contributed by atoms with Crippen molar-refractivity contribution in [2.24, 2.45) is 5.92 Å². The van der Waals surface area contributed by atoms with Crippen LogP contribution < -0.4 is 14.8 Å². The fourth-order valence-corrected chi connectivity index (χ4v) is 3.41. The van der Waals surface area contributed by atoms with Gasteiger partial charge in [-0.2, -0.15) is 0 Å². The molecular formula is C22H32N2O4. The van der Waals surface area contributed by atoms with Gasteiger partial charge in [0.2, 0.25) is 5.91 Å². The quantitative estimate of drug-likeness (QED) is 0.674. The summed E-state index contributed by atoms with van der Waals surface area (Å²) in [6, 6.07) is 5.70. The fraction of sp³-hybridized carbons (Fsp3) is 0.545. The SMILES string of the molecule is CCOc1ccc(C(NC(=O)C(C)c2c(C)noc2C)C(C)C)cc1OCC. The first-order valence-corrected chi connectivity index (χ1v) is 9.92. The number of hydrogen-bond acceptors (Lipinski definition) is 5. The molecule has 2 aromatic rings. The molecule has 0 saturated heterocycles. The molecule has 0 aliphatic carbocycles. The Bertz CT molecular complexity index is 778. The van der Waals surface area contributed by atoms with Crippen molar-refractivity contribution in [3.05, 3.63) is 40.8 Å². The second-order valence-corrected chi connectivity index (χ2v) is 7.26. The number of hydrogen-bond donors (Lipinski definition) is 1. The van der Waals surface area contributed by atoms with E-state index in [4.69, 9.17) is 14.0 Å². The molecule has 154 valence electrons. The molecule has 6 heteroatoms. The molecule has 0 aliphatic heterocycles. The van der Waals surface area contributed by atoms with Crippen LogP contribution in [0.15, 0.2) is 22.7 Å². The van der Waals surface area contributed by atoms with Gasteiger partial charge in [0.25, 0.3) is 0 Å². The molecule has 1 aromatic heterocycles. The van der Waals surface area contributed by atoms with Crippen LogP contribution >= 0.6 is 0 Å². The second kappa shape index (κ2) is 9.62. The number of nitrogens with one attached hydrogen (secondary N) is 1. The van der Waals surface area contributed by atoms with Gasteiger partial charge in [0, 0.05) is 5.56 Å². The number of rotatable bonds is 9. The first kappa shape index (κ1) is 21.8. The summed E-state index contributed by atoms with van der Waals surface area (Å²) < 4.78 is 16.6. The minimum atomic E-state index is -0.346. The zero-order valence-corrected chi connectivity index (χ0v) is 18.0. The van der Waals surface area contributed by atoms with Gasteiger partial charge in [-0.1, -0.05) is 25.1 Å². The molecule has 2 unspecified atom stereocenters. The lowest BCUT2D eigenvalue weighted by molar-refractivity contribution is -0.123. The maximum atomic E-state index is 13.0. The van der Waals surface area contributed by atoms with Crippen molar-refractivity contribution in [1.29, 1.82) is 0 Å². The summed E-state index contributed by atoms with van der Waals surface area (Å²) in [5.41, 5.74) is 2.59. The minimum Gasteiger partial charge on any atom is -0.490 e. The molecule has 1 N–H and O–H groups in total. The number of aryl methyl sites for hydroxylation is 2. The number of carbonyl (C=O) groups is 1. The molecule has 1 heterocycles. The van der Waals surface area contributed by atoms with E-state index in [1.54, 1.807) is 0 Å². The summed E-state index contributed by atoms with van der Waals surface area (Å²) in [4.78, 5) is 13.0. The van der Waals surface area contributed by atoms with Crippen LogP contribution in [0, 0.1) is 19.8 Å². The van der Waals surface area contributed by atoms with E-state index in [0.717, 1.165) is 16.8 Å². The van der Waals surface area contributed by atoms with Gasteiger partial charge in [-0.3, -0.25) is 4.79 Å². The smallest absolute Gasteiger partial charge is 0.227 e. The summed E-state index contributed by atoms with van der Waals surface area (Å²) in [6.45, 7) is 14.7. The summed E-state index contributed by atoms with van der Waals surface area (Å²) in [5, 5.41) is 7.16. The average molecular weight is 389 g/mol. The highest BCUT2D eigenvalue weighted by molar-refractivity contribution is 5.84. The van der Waals surface area contributed by atoms with E-state index in [9.17, 15) is 4.79 Å². The molecule has 0 aliphatic rings. The fourth-order valence-electron chi connectivity index (χ4n) is 3.41. The molecule has 0 spiro atoms. The summed E-state index contributed by atoms with van der Waals surface area (Å²) in [5.74, 6) is 1.89. The zero-order valence-electron chi connectivity index (χ0n) is 18.0. The van der Waals surface area contributed by atoms with Crippen LogP contribution in [-0.2, 0) is 4.79 Å². The van der Waals surface area contributed by atoms with Crippen molar-refractivity contribution >= 4 is 5.91 Å². The number of nitrogens with zero attached hydrogens (tertiary/aromatic N) is 1. The van der Waals surface area contributed by atoms with Crippen molar-refractivity contribution in [3.8, 4) is 11.5 Å². The van der Waals surface area contributed by atoms with Gasteiger partial charge in [-0.15, -0.1) is 0 Å². The number of carbonyl (C=O) groups excluding carboxylic acids is 1. The Morgan fingerprint density at radius 1 is 1.11 bits per heavy atom. The standard InChI is InChI=1S/C22H32N2O4/c1-8-26-18-11-10-17(12-19(18)27-9-2)21(13(3)4)23-22(25)14(5)20-15(6)24-28-16(20)7/h10-14,21H,8-9H2,1-7H3,(H,23,25). The lowest BCUT2D eigenvalue weighted by Crippen LogP contribution is -2.34. The third kappa shape index (κ3) is 4.86. The van der Waals surface area contributed by atoms with Crippen LogP contribution in [0.25, 0.3) is 0 Å². The Morgan fingerprint density at radius 3 is 2.29 bits per heavy atom. The molecule has 0 bridgehead atoms. The monoisotopic (exact) mass is 388 g/mol. The van der Waals surface area contributed by atoms with Gasteiger partial charge in [-0.05, 0) is 58.2 Å². The largest absolute Gasteiger partial charge is 0.490 e. The molecular weight excluding hydrogens is 356 g/mol. The number of benzene rings is 1. The van der Waals surface area contributed by atoms with E-state index in [2.05, 4.69) is 24.3 Å². The molecule has 0 radical (unpaired) electrons. The van der Waals surface area contributed by atoms with E-state index in [0.29, 0.717) is 30.5 Å². The third-order valence-corrected chi connectivity index (χ3v) is 4.81. The Hall–Kier alpha value is -2.50. The van der Waals surface area contributed by atoms with E-state index < -0.39 is 0 Å². The molecule has 0 saturated carbocycles. The van der Waals surface area contributed by atoms with Crippen molar-refractivity contribution in [1.82, 2.24) is 10.5 Å². The van der Waals surface area contributed by atoms with Crippen molar-refractivity contribution in [3.63, 3.8) is 0 Å². The normalized spacial score (nSPS) is 13.3. The number of ether oxygens (including phenoxy) is 2. The van der Waals surface area contributed by atoms with Gasteiger partial charge in [0.1, 0.15) is 5.76 Å². The van der Waals surface area contributed by atoms with Crippen LogP contribution in [0.2, 0.25) is 0 Å². The van der Waals surface area contributed by atoms with Gasteiger partial charge in [0.05, 0.1) is 30.9 Å². The minimum absolute atomic E-state index is 0.0556. The summed E-state index contributed by atoms with van der Waals surface area (Å²) in [6.07, 6.45) is 0. The topological polar surface area (TPSA) is 73.6 Å². The maximum absolute atomic E-state index is 13.0. The summed E-state index contributed by atoms with van der Waals surface area (Å²) >= 11 is 0. The first-order chi connectivity index (χ1) is 13.3. The Kier molecular flexibility index (Phi) is 7.49. The molecule has 2 rings (SSSR count). The Morgan fingerprint density at radius 2 is 1.75 bits per heavy atom. The predicted octanol–water partition coefficient (Wildman–Crippen LogP) is 4.71. The highest BCUT2D eigenvalue weighted by Gasteiger charge is 2.27. The lowest BCUT2D eigenvalue weighted by atomic mass is 9.93. The van der Waals surface area contributed by atoms with Crippen molar-refractivity contribution in [2.45, 2.75) is 60.4 Å². The van der Waals surface area contributed by atoms with Gasteiger partial charge < -0.3 is 19.3 Å². The predicted molar refractivity (Wildman–Crippen MR) is 109 cm³/mol. The van der Waals surface area contributed by atoms with E-state index >= 15 is 0 Å². The van der Waals surface area contributed by atoms with Crippen LogP contribution in [0.5, 0.6) is 11.5 Å².